The van der Waals surface area contributed by atoms with E-state index in [2.05, 4.69) is 30.9 Å². The molecular weight excluding hydrogens is 214 g/mol. The van der Waals surface area contributed by atoms with Crippen molar-refractivity contribution in [3.05, 3.63) is 0 Å². The zero-order chi connectivity index (χ0) is 11.4. The van der Waals surface area contributed by atoms with Crippen LogP contribution in [0, 0.1) is 11.8 Å². The average molecular weight is 241 g/mol. The highest BCUT2D eigenvalue weighted by Crippen LogP contribution is 2.30. The number of hydrogen-bond donors (Lipinski definition) is 1. The first-order valence-corrected chi connectivity index (χ1v) is 8.17. The van der Waals surface area contributed by atoms with Crippen LogP contribution in [0.1, 0.15) is 52.4 Å². The molecule has 94 valence electrons. The van der Waals surface area contributed by atoms with Gasteiger partial charge in [0.25, 0.3) is 0 Å². The van der Waals surface area contributed by atoms with Crippen LogP contribution >= 0.6 is 11.8 Å². The van der Waals surface area contributed by atoms with Crippen LogP contribution in [0.15, 0.2) is 0 Å². The van der Waals surface area contributed by atoms with E-state index in [1.807, 2.05) is 0 Å². The molecule has 2 heteroatoms. The van der Waals surface area contributed by atoms with Gasteiger partial charge in [0.05, 0.1) is 0 Å². The average Bonchev–Trinajstić information content (AvgIpc) is 2.30. The molecule has 0 aromatic rings. The molecule has 1 N–H and O–H groups in total. The fourth-order valence-corrected chi connectivity index (χ4v) is 4.57. The van der Waals surface area contributed by atoms with E-state index >= 15 is 0 Å². The molecule has 0 aromatic carbocycles. The van der Waals surface area contributed by atoms with Gasteiger partial charge < -0.3 is 5.32 Å². The van der Waals surface area contributed by atoms with Gasteiger partial charge in [-0.15, -0.1) is 0 Å². The highest BCUT2D eigenvalue weighted by atomic mass is 32.2. The summed E-state index contributed by atoms with van der Waals surface area (Å²) < 4.78 is 0. The van der Waals surface area contributed by atoms with Gasteiger partial charge in [-0.2, -0.15) is 11.8 Å². The van der Waals surface area contributed by atoms with E-state index in [1.165, 1.54) is 50.8 Å². The summed E-state index contributed by atoms with van der Waals surface area (Å²) in [6, 6.07) is 0.788. The SMILES string of the molecule is CC1CCCC(C)C1NCC1CCCCS1. The van der Waals surface area contributed by atoms with Crippen LogP contribution in [0.4, 0.5) is 0 Å². The summed E-state index contributed by atoms with van der Waals surface area (Å²) in [4.78, 5) is 0. The monoisotopic (exact) mass is 241 g/mol. The van der Waals surface area contributed by atoms with Gasteiger partial charge >= 0.3 is 0 Å². The normalized spacial score (nSPS) is 40.9. The smallest absolute Gasteiger partial charge is 0.0172 e. The number of hydrogen-bond acceptors (Lipinski definition) is 2. The largest absolute Gasteiger partial charge is 0.312 e. The molecule has 3 unspecified atom stereocenters. The number of rotatable bonds is 3. The van der Waals surface area contributed by atoms with E-state index in [0.29, 0.717) is 0 Å². The maximum Gasteiger partial charge on any atom is 0.0172 e. The van der Waals surface area contributed by atoms with Crippen molar-refractivity contribution in [1.82, 2.24) is 5.32 Å². The Morgan fingerprint density at radius 1 is 1.00 bits per heavy atom. The third-order valence-electron chi connectivity index (χ3n) is 4.40. The van der Waals surface area contributed by atoms with E-state index in [4.69, 9.17) is 0 Å². The van der Waals surface area contributed by atoms with Gasteiger partial charge in [-0.05, 0) is 43.3 Å². The summed E-state index contributed by atoms with van der Waals surface area (Å²) in [7, 11) is 0. The molecule has 2 rings (SSSR count). The third-order valence-corrected chi connectivity index (χ3v) is 5.80. The molecule has 1 saturated carbocycles. The molecule has 1 heterocycles. The third kappa shape index (κ3) is 3.40. The predicted octanol–water partition coefficient (Wildman–Crippen LogP) is 3.69. The first kappa shape index (κ1) is 12.8. The molecule has 0 radical (unpaired) electrons. The lowest BCUT2D eigenvalue weighted by atomic mass is 9.78. The second-order valence-corrected chi connectivity index (χ2v) is 7.22. The van der Waals surface area contributed by atoms with Crippen LogP contribution in [0.5, 0.6) is 0 Å². The molecule has 2 fully saturated rings. The molecule has 16 heavy (non-hydrogen) atoms. The first-order valence-electron chi connectivity index (χ1n) is 7.12. The van der Waals surface area contributed by atoms with Crippen LogP contribution in [0.25, 0.3) is 0 Å². The van der Waals surface area contributed by atoms with E-state index in [9.17, 15) is 0 Å². The van der Waals surface area contributed by atoms with Crippen molar-refractivity contribution in [2.45, 2.75) is 63.7 Å². The zero-order valence-corrected chi connectivity index (χ0v) is 11.7. The van der Waals surface area contributed by atoms with Gasteiger partial charge in [-0.3, -0.25) is 0 Å². The van der Waals surface area contributed by atoms with Crippen LogP contribution in [0.2, 0.25) is 0 Å². The molecule has 1 nitrogen and oxygen atoms in total. The fourth-order valence-electron chi connectivity index (χ4n) is 3.32. The van der Waals surface area contributed by atoms with Crippen LogP contribution in [0.3, 0.4) is 0 Å². The van der Waals surface area contributed by atoms with Crippen LogP contribution < -0.4 is 5.32 Å². The van der Waals surface area contributed by atoms with Crippen molar-refractivity contribution < 1.29 is 0 Å². The summed E-state index contributed by atoms with van der Waals surface area (Å²) in [6.45, 7) is 6.12. The molecular formula is C14H27NS. The van der Waals surface area contributed by atoms with Gasteiger partial charge in [0.1, 0.15) is 0 Å². The molecule has 1 aliphatic heterocycles. The Bertz CT molecular complexity index is 191. The lowest BCUT2D eigenvalue weighted by Crippen LogP contribution is -2.45. The molecule has 0 spiro atoms. The van der Waals surface area contributed by atoms with Crippen molar-refractivity contribution >= 4 is 11.8 Å². The Hall–Kier alpha value is 0.310. The molecule has 0 aromatic heterocycles. The van der Waals surface area contributed by atoms with E-state index in [0.717, 1.165) is 23.1 Å². The standard InChI is InChI=1S/C14H27NS/c1-11-6-5-7-12(2)14(11)15-10-13-8-3-4-9-16-13/h11-15H,3-10H2,1-2H3. The fraction of sp³-hybridized carbons (Fsp3) is 1.00. The minimum atomic E-state index is 0.788. The molecule has 3 atom stereocenters. The minimum absolute atomic E-state index is 0.788. The van der Waals surface area contributed by atoms with Crippen molar-refractivity contribution in [2.75, 3.05) is 12.3 Å². The predicted molar refractivity (Wildman–Crippen MR) is 74.1 cm³/mol. The maximum absolute atomic E-state index is 3.87. The molecule has 2 aliphatic rings. The Morgan fingerprint density at radius 2 is 1.75 bits per heavy atom. The highest BCUT2D eigenvalue weighted by Gasteiger charge is 2.27. The first-order chi connectivity index (χ1) is 7.77. The van der Waals surface area contributed by atoms with Crippen molar-refractivity contribution in [1.29, 1.82) is 0 Å². The number of thioether (sulfide) groups is 1. The van der Waals surface area contributed by atoms with Gasteiger partial charge in [0.15, 0.2) is 0 Å². The summed E-state index contributed by atoms with van der Waals surface area (Å²) in [5, 5.41) is 4.77. The Balaban J connectivity index is 1.74. The van der Waals surface area contributed by atoms with E-state index < -0.39 is 0 Å². The molecule has 0 amide bonds. The summed E-state index contributed by atoms with van der Waals surface area (Å²) in [5.74, 6) is 3.16. The maximum atomic E-state index is 3.87. The lowest BCUT2D eigenvalue weighted by molar-refractivity contribution is 0.209. The van der Waals surface area contributed by atoms with Crippen LogP contribution in [-0.2, 0) is 0 Å². The Morgan fingerprint density at radius 3 is 2.38 bits per heavy atom. The summed E-state index contributed by atoms with van der Waals surface area (Å²) in [6.07, 6.45) is 8.64. The summed E-state index contributed by atoms with van der Waals surface area (Å²) >= 11 is 2.19. The second kappa shape index (κ2) is 6.30. The lowest BCUT2D eigenvalue weighted by Gasteiger charge is -2.36. The van der Waals surface area contributed by atoms with Crippen molar-refractivity contribution in [3.63, 3.8) is 0 Å². The van der Waals surface area contributed by atoms with Gasteiger partial charge in [0.2, 0.25) is 0 Å². The molecule has 0 bridgehead atoms. The topological polar surface area (TPSA) is 12.0 Å². The number of nitrogens with one attached hydrogen (secondary N) is 1. The van der Waals surface area contributed by atoms with E-state index in [-0.39, 0.29) is 0 Å². The van der Waals surface area contributed by atoms with Crippen molar-refractivity contribution in [3.8, 4) is 0 Å². The Kier molecular flexibility index (Phi) is 5.02. The van der Waals surface area contributed by atoms with E-state index in [1.54, 1.807) is 0 Å². The van der Waals surface area contributed by atoms with Gasteiger partial charge in [-0.25, -0.2) is 0 Å². The molecule has 1 saturated heterocycles. The second-order valence-electron chi connectivity index (χ2n) is 5.81. The van der Waals surface area contributed by atoms with Gasteiger partial charge in [-0.1, -0.05) is 26.7 Å². The minimum Gasteiger partial charge on any atom is -0.312 e. The van der Waals surface area contributed by atoms with Crippen LogP contribution in [-0.4, -0.2) is 23.6 Å². The quantitative estimate of drug-likeness (QED) is 0.809. The summed E-state index contributed by atoms with van der Waals surface area (Å²) in [5.41, 5.74) is 0. The Labute approximate surface area is 105 Å². The molecule has 1 aliphatic carbocycles. The zero-order valence-electron chi connectivity index (χ0n) is 10.9. The van der Waals surface area contributed by atoms with Crippen molar-refractivity contribution in [2.24, 2.45) is 11.8 Å². The highest BCUT2D eigenvalue weighted by molar-refractivity contribution is 7.99. The van der Waals surface area contributed by atoms with Gasteiger partial charge in [0, 0.05) is 17.8 Å².